The van der Waals surface area contributed by atoms with Crippen LogP contribution in [-0.4, -0.2) is 22.8 Å². The van der Waals surface area contributed by atoms with Crippen molar-refractivity contribution in [3.8, 4) is 17.2 Å². The van der Waals surface area contributed by atoms with Crippen molar-refractivity contribution < 1.29 is 29.0 Å². The number of esters is 2. The molecule has 0 bridgehead atoms. The van der Waals surface area contributed by atoms with Crippen molar-refractivity contribution in [3.05, 3.63) is 59.7 Å². The third-order valence-corrected chi connectivity index (χ3v) is 3.06. The Kier molecular flexibility index (Phi) is 5.68. The van der Waals surface area contributed by atoms with Crippen LogP contribution >= 0.6 is 0 Å². The van der Waals surface area contributed by atoms with E-state index < -0.39 is 11.9 Å². The Bertz CT molecular complexity index is 851. The average molecular weight is 340 g/mol. The van der Waals surface area contributed by atoms with Gasteiger partial charge in [0, 0.05) is 6.92 Å². The topological polar surface area (TPSA) is 89.9 Å². The first-order valence-corrected chi connectivity index (χ1v) is 7.38. The fourth-order valence-electron chi connectivity index (χ4n) is 1.97. The predicted octanol–water partition coefficient (Wildman–Crippen LogP) is 3.14. The molecule has 1 N–H and O–H groups in total. The van der Waals surface area contributed by atoms with E-state index in [2.05, 4.69) is 0 Å². The van der Waals surface area contributed by atoms with Crippen LogP contribution in [-0.2, 0) is 9.59 Å². The summed E-state index contributed by atoms with van der Waals surface area (Å²) >= 11 is 0. The molecule has 2 aromatic rings. The van der Waals surface area contributed by atoms with Crippen LogP contribution in [0.4, 0.5) is 0 Å². The second-order valence-corrected chi connectivity index (χ2v) is 5.15. The zero-order chi connectivity index (χ0) is 18.4. The SMILES string of the molecule is CC(=O)/C=C/c1ccc(OC(=O)c2ccccc2OC(C)=O)c(O)c1. The predicted molar refractivity (Wildman–Crippen MR) is 90.5 cm³/mol. The highest BCUT2D eigenvalue weighted by Crippen LogP contribution is 2.29. The molecule has 0 radical (unpaired) electrons. The van der Waals surface area contributed by atoms with Gasteiger partial charge in [-0.1, -0.05) is 24.3 Å². The summed E-state index contributed by atoms with van der Waals surface area (Å²) < 4.78 is 10.1. The molecule has 128 valence electrons. The zero-order valence-corrected chi connectivity index (χ0v) is 13.7. The molecule has 0 aromatic heterocycles. The number of benzene rings is 2. The van der Waals surface area contributed by atoms with Crippen molar-refractivity contribution in [2.45, 2.75) is 13.8 Å². The molecule has 0 amide bonds. The van der Waals surface area contributed by atoms with Crippen molar-refractivity contribution >= 4 is 23.8 Å². The summed E-state index contributed by atoms with van der Waals surface area (Å²) in [6.07, 6.45) is 2.89. The Morgan fingerprint density at radius 2 is 1.68 bits per heavy atom. The Balaban J connectivity index is 2.21. The van der Waals surface area contributed by atoms with Gasteiger partial charge in [0.25, 0.3) is 0 Å². The lowest BCUT2D eigenvalue weighted by Crippen LogP contribution is -2.12. The molecule has 2 aromatic carbocycles. The highest BCUT2D eigenvalue weighted by Gasteiger charge is 2.17. The first-order chi connectivity index (χ1) is 11.9. The lowest BCUT2D eigenvalue weighted by Gasteiger charge is -2.10. The van der Waals surface area contributed by atoms with Crippen LogP contribution in [0.1, 0.15) is 29.8 Å². The zero-order valence-electron chi connectivity index (χ0n) is 13.7. The quantitative estimate of drug-likeness (QED) is 0.511. The Labute approximate surface area is 144 Å². The van der Waals surface area contributed by atoms with Crippen LogP contribution < -0.4 is 9.47 Å². The number of aromatic hydroxyl groups is 1. The van der Waals surface area contributed by atoms with Gasteiger partial charge >= 0.3 is 11.9 Å². The second-order valence-electron chi connectivity index (χ2n) is 5.15. The smallest absolute Gasteiger partial charge is 0.347 e. The summed E-state index contributed by atoms with van der Waals surface area (Å²) in [6.45, 7) is 2.63. The number of hydrogen-bond donors (Lipinski definition) is 1. The van der Waals surface area contributed by atoms with Gasteiger partial charge in [-0.15, -0.1) is 0 Å². The van der Waals surface area contributed by atoms with E-state index in [-0.39, 0.29) is 28.6 Å². The second kappa shape index (κ2) is 7.92. The van der Waals surface area contributed by atoms with Crippen molar-refractivity contribution in [2.24, 2.45) is 0 Å². The summed E-state index contributed by atoms with van der Waals surface area (Å²) in [6, 6.07) is 10.5. The minimum Gasteiger partial charge on any atom is -0.504 e. The lowest BCUT2D eigenvalue weighted by molar-refractivity contribution is -0.131. The van der Waals surface area contributed by atoms with E-state index in [4.69, 9.17) is 9.47 Å². The van der Waals surface area contributed by atoms with Gasteiger partial charge in [0.1, 0.15) is 11.3 Å². The normalized spacial score (nSPS) is 10.5. The van der Waals surface area contributed by atoms with Gasteiger partial charge < -0.3 is 14.6 Å². The van der Waals surface area contributed by atoms with Crippen molar-refractivity contribution in [1.29, 1.82) is 0 Å². The van der Waals surface area contributed by atoms with E-state index >= 15 is 0 Å². The van der Waals surface area contributed by atoms with Gasteiger partial charge in [-0.2, -0.15) is 0 Å². The number of rotatable bonds is 5. The van der Waals surface area contributed by atoms with E-state index in [1.165, 1.54) is 50.3 Å². The standard InChI is InChI=1S/C19H16O6/c1-12(20)7-8-14-9-10-18(16(22)11-14)25-19(23)15-5-3-4-6-17(15)24-13(2)21/h3-11,22H,1-2H3/b8-7+. The molecule has 0 aliphatic carbocycles. The Morgan fingerprint density at radius 1 is 0.960 bits per heavy atom. The van der Waals surface area contributed by atoms with Crippen LogP contribution in [0, 0.1) is 0 Å². The molecule has 2 rings (SSSR count). The van der Waals surface area contributed by atoms with Gasteiger partial charge in [-0.25, -0.2) is 4.79 Å². The van der Waals surface area contributed by atoms with E-state index in [1.54, 1.807) is 18.2 Å². The minimum atomic E-state index is -0.779. The molecule has 25 heavy (non-hydrogen) atoms. The fraction of sp³-hybridized carbons (Fsp3) is 0.105. The van der Waals surface area contributed by atoms with E-state index in [0.717, 1.165) is 0 Å². The molecule has 0 unspecified atom stereocenters. The summed E-state index contributed by atoms with van der Waals surface area (Å²) in [4.78, 5) is 34.3. The van der Waals surface area contributed by atoms with Gasteiger partial charge in [0.2, 0.25) is 0 Å². The molecule has 0 aliphatic rings. The van der Waals surface area contributed by atoms with Crippen molar-refractivity contribution in [1.82, 2.24) is 0 Å². The number of ketones is 1. The fourth-order valence-corrected chi connectivity index (χ4v) is 1.97. The van der Waals surface area contributed by atoms with Crippen LogP contribution in [0.5, 0.6) is 17.2 Å². The van der Waals surface area contributed by atoms with Gasteiger partial charge in [0.05, 0.1) is 0 Å². The van der Waals surface area contributed by atoms with Gasteiger partial charge in [-0.05, 0) is 42.8 Å². The maximum Gasteiger partial charge on any atom is 0.347 e. The number of para-hydroxylation sites is 1. The number of phenols is 1. The summed E-state index contributed by atoms with van der Waals surface area (Å²) in [5.41, 5.74) is 0.630. The first kappa shape index (κ1) is 17.9. The number of phenolic OH excluding ortho intramolecular Hbond substituents is 1. The third kappa shape index (κ3) is 5.04. The van der Waals surface area contributed by atoms with Crippen LogP contribution in [0.3, 0.4) is 0 Å². The van der Waals surface area contributed by atoms with Crippen molar-refractivity contribution in [2.75, 3.05) is 0 Å². The van der Waals surface area contributed by atoms with E-state index in [9.17, 15) is 19.5 Å². The van der Waals surface area contributed by atoms with Crippen LogP contribution in [0.2, 0.25) is 0 Å². The number of hydrogen-bond acceptors (Lipinski definition) is 6. The molecule has 0 spiro atoms. The molecule has 0 saturated heterocycles. The Morgan fingerprint density at radius 3 is 2.32 bits per heavy atom. The van der Waals surface area contributed by atoms with Crippen LogP contribution in [0.15, 0.2) is 48.5 Å². The number of carbonyl (C=O) groups excluding carboxylic acids is 3. The van der Waals surface area contributed by atoms with Gasteiger partial charge in [0.15, 0.2) is 17.3 Å². The molecule has 0 aliphatic heterocycles. The summed E-state index contributed by atoms with van der Waals surface area (Å²) in [5, 5.41) is 9.99. The summed E-state index contributed by atoms with van der Waals surface area (Å²) in [5.74, 6) is -1.71. The minimum absolute atomic E-state index is 0.0531. The summed E-state index contributed by atoms with van der Waals surface area (Å²) in [7, 11) is 0. The highest BCUT2D eigenvalue weighted by atomic mass is 16.6. The average Bonchev–Trinajstić information content (AvgIpc) is 2.55. The monoisotopic (exact) mass is 340 g/mol. The molecule has 0 fully saturated rings. The molecule has 6 nitrogen and oxygen atoms in total. The molecule has 6 heteroatoms. The van der Waals surface area contributed by atoms with Crippen LogP contribution in [0.25, 0.3) is 6.08 Å². The van der Waals surface area contributed by atoms with Crippen molar-refractivity contribution in [3.63, 3.8) is 0 Å². The first-order valence-electron chi connectivity index (χ1n) is 7.38. The third-order valence-electron chi connectivity index (χ3n) is 3.06. The molecule has 0 saturated carbocycles. The largest absolute Gasteiger partial charge is 0.504 e. The molecular formula is C19H16O6. The number of carbonyl (C=O) groups is 3. The maximum atomic E-state index is 12.3. The van der Waals surface area contributed by atoms with E-state index in [1.807, 2.05) is 0 Å². The molecule has 0 heterocycles. The molecular weight excluding hydrogens is 324 g/mol. The van der Waals surface area contributed by atoms with Gasteiger partial charge in [-0.3, -0.25) is 9.59 Å². The molecule has 0 atom stereocenters. The number of allylic oxidation sites excluding steroid dienone is 1. The highest BCUT2D eigenvalue weighted by molar-refractivity contribution is 5.95. The maximum absolute atomic E-state index is 12.3. The van der Waals surface area contributed by atoms with E-state index in [0.29, 0.717) is 5.56 Å². The number of ether oxygens (including phenoxy) is 2. The Hall–Kier alpha value is -3.41. The lowest BCUT2D eigenvalue weighted by atomic mass is 10.1.